The molecule has 1 N–H and O–H groups in total. The number of hydrogen-bond donors (Lipinski definition) is 1. The Hall–Kier alpha value is -0.450. The zero-order valence-corrected chi connectivity index (χ0v) is 13.2. The molecule has 0 aromatic carbocycles. The molecule has 0 bridgehead atoms. The molecule has 108 valence electrons. The lowest BCUT2D eigenvalue weighted by atomic mass is 9.91. The highest BCUT2D eigenvalue weighted by Crippen LogP contribution is 2.34. The fourth-order valence-corrected chi connectivity index (χ4v) is 3.69. The third-order valence-corrected chi connectivity index (χ3v) is 4.59. The summed E-state index contributed by atoms with van der Waals surface area (Å²) < 4.78 is 5.48. The summed E-state index contributed by atoms with van der Waals surface area (Å²) in [5, 5.41) is 4.74. The van der Waals surface area contributed by atoms with Crippen LogP contribution >= 0.6 is 11.3 Å². The van der Waals surface area contributed by atoms with E-state index in [1.165, 1.54) is 29.8 Å². The number of ether oxygens (including phenoxy) is 1. The molecule has 1 unspecified atom stereocenters. The van der Waals surface area contributed by atoms with Gasteiger partial charge in [-0.3, -0.25) is 0 Å². The number of aryl methyl sites for hydroxylation is 1. The Morgan fingerprint density at radius 3 is 3.05 bits per heavy atom. The molecule has 2 rings (SSSR count). The van der Waals surface area contributed by atoms with Crippen molar-refractivity contribution in [1.82, 2.24) is 10.3 Å². The van der Waals surface area contributed by atoms with Gasteiger partial charge in [0.15, 0.2) is 0 Å². The predicted octanol–water partition coefficient (Wildman–Crippen LogP) is 3.35. The molecule has 0 aliphatic heterocycles. The first-order valence-corrected chi connectivity index (χ1v) is 8.29. The van der Waals surface area contributed by atoms with Crippen LogP contribution in [0.1, 0.15) is 55.1 Å². The van der Waals surface area contributed by atoms with Crippen molar-refractivity contribution in [1.29, 1.82) is 0 Å². The van der Waals surface area contributed by atoms with Crippen LogP contribution in [0.2, 0.25) is 0 Å². The van der Waals surface area contributed by atoms with Crippen molar-refractivity contribution >= 4 is 11.3 Å². The lowest BCUT2D eigenvalue weighted by molar-refractivity contribution is 0.133. The first-order valence-electron chi connectivity index (χ1n) is 7.47. The first-order chi connectivity index (χ1) is 9.20. The topological polar surface area (TPSA) is 34.1 Å². The van der Waals surface area contributed by atoms with Gasteiger partial charge in [-0.1, -0.05) is 13.8 Å². The monoisotopic (exact) mass is 282 g/mol. The lowest BCUT2D eigenvalue weighted by Gasteiger charge is -2.22. The minimum Gasteiger partial charge on any atom is -0.375 e. The van der Waals surface area contributed by atoms with Gasteiger partial charge in [0.2, 0.25) is 0 Å². The van der Waals surface area contributed by atoms with E-state index in [9.17, 15) is 0 Å². The van der Waals surface area contributed by atoms with Crippen LogP contribution in [0.15, 0.2) is 0 Å². The third kappa shape index (κ3) is 4.26. The number of nitrogens with zero attached hydrogens (tertiary/aromatic N) is 1. The molecular weight excluding hydrogens is 256 g/mol. The van der Waals surface area contributed by atoms with Gasteiger partial charge < -0.3 is 10.1 Å². The largest absolute Gasteiger partial charge is 0.375 e. The van der Waals surface area contributed by atoms with Gasteiger partial charge in [0.05, 0.1) is 12.3 Å². The van der Waals surface area contributed by atoms with Crippen molar-refractivity contribution in [3.63, 3.8) is 0 Å². The molecule has 1 atom stereocenters. The SMILES string of the molecule is CCOCc1nc2c(s1)CCCC2CNCC(C)C. The van der Waals surface area contributed by atoms with Crippen LogP contribution in [-0.2, 0) is 17.8 Å². The average Bonchev–Trinajstić information content (AvgIpc) is 2.79. The van der Waals surface area contributed by atoms with Crippen molar-refractivity contribution in [3.05, 3.63) is 15.6 Å². The van der Waals surface area contributed by atoms with Crippen molar-refractivity contribution in [3.8, 4) is 0 Å². The number of hydrogen-bond acceptors (Lipinski definition) is 4. The summed E-state index contributed by atoms with van der Waals surface area (Å²) >= 11 is 1.85. The van der Waals surface area contributed by atoms with E-state index in [2.05, 4.69) is 19.2 Å². The second-order valence-corrected chi connectivity index (χ2v) is 6.86. The molecule has 0 amide bonds. The standard InChI is InChI=1S/C15H26N2OS/c1-4-18-10-14-17-15-12(9-16-8-11(2)3)6-5-7-13(15)19-14/h11-12,16H,4-10H2,1-3H3. The van der Waals surface area contributed by atoms with Gasteiger partial charge in [-0.25, -0.2) is 4.98 Å². The van der Waals surface area contributed by atoms with Crippen molar-refractivity contribution in [2.24, 2.45) is 5.92 Å². The lowest BCUT2D eigenvalue weighted by Crippen LogP contribution is -2.27. The summed E-state index contributed by atoms with van der Waals surface area (Å²) in [7, 11) is 0. The molecule has 0 fully saturated rings. The van der Waals surface area contributed by atoms with Crippen LogP contribution in [0.4, 0.5) is 0 Å². The molecule has 1 heterocycles. The van der Waals surface area contributed by atoms with Crippen LogP contribution in [-0.4, -0.2) is 24.7 Å². The molecule has 1 aliphatic rings. The van der Waals surface area contributed by atoms with E-state index >= 15 is 0 Å². The van der Waals surface area contributed by atoms with E-state index < -0.39 is 0 Å². The molecule has 3 nitrogen and oxygen atoms in total. The second-order valence-electron chi connectivity index (χ2n) is 5.69. The van der Waals surface area contributed by atoms with Crippen LogP contribution in [0, 0.1) is 5.92 Å². The molecule has 1 aromatic heterocycles. The highest BCUT2D eigenvalue weighted by atomic mass is 32.1. The molecule has 0 saturated carbocycles. The Balaban J connectivity index is 1.95. The quantitative estimate of drug-likeness (QED) is 0.833. The van der Waals surface area contributed by atoms with Crippen molar-refractivity contribution in [2.75, 3.05) is 19.7 Å². The maximum absolute atomic E-state index is 5.48. The second kappa shape index (κ2) is 7.36. The molecule has 1 aliphatic carbocycles. The molecule has 4 heteroatoms. The van der Waals surface area contributed by atoms with Gasteiger partial charge in [0, 0.05) is 23.9 Å². The number of aromatic nitrogens is 1. The first kappa shape index (κ1) is 14.9. The summed E-state index contributed by atoms with van der Waals surface area (Å²) in [6.07, 6.45) is 3.78. The Morgan fingerprint density at radius 1 is 1.47 bits per heavy atom. The van der Waals surface area contributed by atoms with Crippen LogP contribution < -0.4 is 5.32 Å². The highest BCUT2D eigenvalue weighted by Gasteiger charge is 2.24. The Morgan fingerprint density at radius 2 is 2.32 bits per heavy atom. The van der Waals surface area contributed by atoms with E-state index in [1.54, 1.807) is 0 Å². The van der Waals surface area contributed by atoms with Gasteiger partial charge in [0.1, 0.15) is 5.01 Å². The zero-order chi connectivity index (χ0) is 13.7. The fraction of sp³-hybridized carbons (Fsp3) is 0.800. The van der Waals surface area contributed by atoms with Gasteiger partial charge in [-0.2, -0.15) is 0 Å². The van der Waals surface area contributed by atoms with E-state index in [1.807, 2.05) is 18.3 Å². The minimum absolute atomic E-state index is 0.606. The maximum atomic E-state index is 5.48. The fourth-order valence-electron chi connectivity index (χ4n) is 2.55. The van der Waals surface area contributed by atoms with Crippen LogP contribution in [0.25, 0.3) is 0 Å². The molecule has 19 heavy (non-hydrogen) atoms. The van der Waals surface area contributed by atoms with E-state index in [4.69, 9.17) is 9.72 Å². The molecule has 0 saturated heterocycles. The molecular formula is C15H26N2OS. The summed E-state index contributed by atoms with van der Waals surface area (Å²) in [6, 6.07) is 0. The van der Waals surface area contributed by atoms with E-state index in [0.717, 1.165) is 24.7 Å². The number of nitrogens with one attached hydrogen (secondary N) is 1. The van der Waals surface area contributed by atoms with Gasteiger partial charge in [-0.15, -0.1) is 11.3 Å². The van der Waals surface area contributed by atoms with E-state index in [-0.39, 0.29) is 0 Å². The molecule has 0 spiro atoms. The van der Waals surface area contributed by atoms with Crippen molar-refractivity contribution < 1.29 is 4.74 Å². The number of rotatable bonds is 7. The number of thiazole rings is 1. The Bertz CT molecular complexity index is 389. The smallest absolute Gasteiger partial charge is 0.119 e. The zero-order valence-electron chi connectivity index (χ0n) is 12.4. The minimum atomic E-state index is 0.606. The Labute approximate surface area is 120 Å². The normalized spacial score (nSPS) is 18.8. The van der Waals surface area contributed by atoms with Crippen molar-refractivity contribution in [2.45, 2.75) is 52.6 Å². The van der Waals surface area contributed by atoms with E-state index in [0.29, 0.717) is 18.4 Å². The van der Waals surface area contributed by atoms with Gasteiger partial charge >= 0.3 is 0 Å². The van der Waals surface area contributed by atoms with Gasteiger partial charge in [-0.05, 0) is 38.6 Å². The average molecular weight is 282 g/mol. The molecule has 1 aromatic rings. The van der Waals surface area contributed by atoms with Crippen LogP contribution in [0.3, 0.4) is 0 Å². The predicted molar refractivity (Wildman–Crippen MR) is 80.8 cm³/mol. The summed E-state index contributed by atoms with van der Waals surface area (Å²) in [5.74, 6) is 1.32. The summed E-state index contributed by atoms with van der Waals surface area (Å²) in [4.78, 5) is 6.32. The Kier molecular flexibility index (Phi) is 5.79. The van der Waals surface area contributed by atoms with Gasteiger partial charge in [0.25, 0.3) is 0 Å². The van der Waals surface area contributed by atoms with Crippen LogP contribution in [0.5, 0.6) is 0 Å². The third-order valence-electron chi connectivity index (χ3n) is 3.49. The summed E-state index contributed by atoms with van der Waals surface area (Å²) in [6.45, 7) is 10.2. The number of fused-ring (bicyclic) bond motifs is 1. The summed E-state index contributed by atoms with van der Waals surface area (Å²) in [5.41, 5.74) is 1.35. The molecule has 0 radical (unpaired) electrons. The maximum Gasteiger partial charge on any atom is 0.119 e. The highest BCUT2D eigenvalue weighted by molar-refractivity contribution is 7.11.